The van der Waals surface area contributed by atoms with Gasteiger partial charge in [0.05, 0.1) is 13.1 Å². The molecule has 3 heterocycles. The van der Waals surface area contributed by atoms with Crippen molar-refractivity contribution in [1.82, 2.24) is 19.6 Å². The highest BCUT2D eigenvalue weighted by atomic mass is 16.8. The van der Waals surface area contributed by atoms with E-state index in [0.29, 0.717) is 0 Å². The zero-order valence-corrected chi connectivity index (χ0v) is 13.2. The average Bonchev–Trinajstić information content (AvgIpc) is 3.19. The molecule has 0 saturated carbocycles. The van der Waals surface area contributed by atoms with Gasteiger partial charge in [0.1, 0.15) is 24.4 Å². The van der Waals surface area contributed by atoms with Crippen molar-refractivity contribution in [3.05, 3.63) is 36.9 Å². The molecule has 1 aliphatic rings. The quantitative estimate of drug-likeness (QED) is 0.779. The van der Waals surface area contributed by atoms with Crippen LogP contribution in [0.5, 0.6) is 0 Å². The Bertz CT molecular complexity index is 547. The van der Waals surface area contributed by atoms with Crippen LogP contribution in [0.4, 0.5) is 0 Å². The van der Waals surface area contributed by atoms with Crippen LogP contribution >= 0.6 is 0 Å². The third-order valence-electron chi connectivity index (χ3n) is 3.79. The van der Waals surface area contributed by atoms with Crippen LogP contribution in [0.2, 0.25) is 0 Å². The molecule has 0 spiro atoms. The lowest BCUT2D eigenvalue weighted by Crippen LogP contribution is -2.45. The monoisotopic (exact) mass is 322 g/mol. The first-order chi connectivity index (χ1) is 10.9. The second-order valence-corrected chi connectivity index (χ2v) is 6.16. The number of ether oxygens (including phenoxy) is 2. The van der Waals surface area contributed by atoms with Crippen molar-refractivity contribution >= 4 is 0 Å². The topological polar surface area (TPSA) is 94.6 Å². The molecule has 0 radical (unpaired) electrons. The maximum Gasteiger partial charge on any atom is 0.164 e. The Kier molecular flexibility index (Phi) is 4.49. The lowest BCUT2D eigenvalue weighted by atomic mass is 10.0. The van der Waals surface area contributed by atoms with Crippen LogP contribution in [0, 0.1) is 0 Å². The van der Waals surface area contributed by atoms with Gasteiger partial charge in [-0.3, -0.25) is 9.36 Å². The molecule has 1 aliphatic heterocycles. The highest BCUT2D eigenvalue weighted by Crippen LogP contribution is 2.32. The standard InChI is InChI=1S/C15H22N4O4/c1-15(2)22-13(11(20)9-18-7-3-5-16-18)14(23-15)12(21)10-19-8-4-6-17-19/h3-8,11-14,20-21H,9-10H2,1-2H3/t11-,12-,13-,14-/m1/s1. The minimum atomic E-state index is -0.870. The van der Waals surface area contributed by atoms with E-state index in [0.717, 1.165) is 0 Å². The Morgan fingerprint density at radius 1 is 0.957 bits per heavy atom. The highest BCUT2D eigenvalue weighted by Gasteiger charge is 2.48. The summed E-state index contributed by atoms with van der Waals surface area (Å²) in [6, 6.07) is 3.57. The fraction of sp³-hybridized carbons (Fsp3) is 0.600. The predicted octanol–water partition coefficient (Wildman–Crippen LogP) is 0.0217. The number of hydrogen-bond donors (Lipinski definition) is 2. The van der Waals surface area contributed by atoms with Crippen molar-refractivity contribution in [1.29, 1.82) is 0 Å². The third-order valence-corrected chi connectivity index (χ3v) is 3.79. The minimum Gasteiger partial charge on any atom is -0.388 e. The number of aliphatic hydroxyl groups excluding tert-OH is 2. The van der Waals surface area contributed by atoms with Crippen molar-refractivity contribution in [3.63, 3.8) is 0 Å². The van der Waals surface area contributed by atoms with Gasteiger partial charge in [-0.25, -0.2) is 0 Å². The number of aliphatic hydroxyl groups is 2. The van der Waals surface area contributed by atoms with Gasteiger partial charge in [-0.15, -0.1) is 0 Å². The molecule has 126 valence electrons. The second-order valence-electron chi connectivity index (χ2n) is 6.16. The molecule has 0 aliphatic carbocycles. The van der Waals surface area contributed by atoms with E-state index in [2.05, 4.69) is 10.2 Å². The van der Waals surface area contributed by atoms with Crippen molar-refractivity contribution < 1.29 is 19.7 Å². The van der Waals surface area contributed by atoms with E-state index in [9.17, 15) is 10.2 Å². The van der Waals surface area contributed by atoms with Crippen LogP contribution in [-0.4, -0.2) is 60.0 Å². The molecular weight excluding hydrogens is 300 g/mol. The van der Waals surface area contributed by atoms with Crippen LogP contribution in [-0.2, 0) is 22.6 Å². The molecule has 0 bridgehead atoms. The van der Waals surface area contributed by atoms with E-state index in [1.807, 2.05) is 0 Å². The molecule has 1 fully saturated rings. The molecular formula is C15H22N4O4. The van der Waals surface area contributed by atoms with Gasteiger partial charge in [0.15, 0.2) is 5.79 Å². The Morgan fingerprint density at radius 3 is 1.74 bits per heavy atom. The van der Waals surface area contributed by atoms with Crippen LogP contribution < -0.4 is 0 Å². The van der Waals surface area contributed by atoms with Crippen molar-refractivity contribution in [3.8, 4) is 0 Å². The van der Waals surface area contributed by atoms with E-state index in [-0.39, 0.29) is 13.1 Å². The van der Waals surface area contributed by atoms with E-state index < -0.39 is 30.2 Å². The first kappa shape index (κ1) is 16.1. The predicted molar refractivity (Wildman–Crippen MR) is 80.3 cm³/mol. The van der Waals surface area contributed by atoms with Crippen LogP contribution in [0.1, 0.15) is 13.8 Å². The van der Waals surface area contributed by atoms with Gasteiger partial charge in [0.2, 0.25) is 0 Å². The van der Waals surface area contributed by atoms with Crippen LogP contribution in [0.3, 0.4) is 0 Å². The smallest absolute Gasteiger partial charge is 0.164 e. The first-order valence-electron chi connectivity index (χ1n) is 7.61. The number of hydrogen-bond acceptors (Lipinski definition) is 6. The molecule has 4 atom stereocenters. The van der Waals surface area contributed by atoms with E-state index in [1.54, 1.807) is 60.1 Å². The maximum atomic E-state index is 10.5. The molecule has 8 heteroatoms. The number of aromatic nitrogens is 4. The average molecular weight is 322 g/mol. The van der Waals surface area contributed by atoms with Gasteiger partial charge in [-0.2, -0.15) is 10.2 Å². The van der Waals surface area contributed by atoms with Gasteiger partial charge in [-0.05, 0) is 26.0 Å². The molecule has 2 N–H and O–H groups in total. The molecule has 0 aromatic carbocycles. The summed E-state index contributed by atoms with van der Waals surface area (Å²) in [5, 5.41) is 29.2. The summed E-state index contributed by atoms with van der Waals surface area (Å²) in [6.07, 6.45) is 3.81. The Balaban J connectivity index is 1.70. The Labute approximate surface area is 134 Å². The summed E-state index contributed by atoms with van der Waals surface area (Å²) < 4.78 is 14.9. The van der Waals surface area contributed by atoms with Gasteiger partial charge in [-0.1, -0.05) is 0 Å². The molecule has 8 nitrogen and oxygen atoms in total. The summed E-state index contributed by atoms with van der Waals surface area (Å²) in [5.41, 5.74) is 0. The van der Waals surface area contributed by atoms with E-state index in [4.69, 9.17) is 9.47 Å². The summed E-state index contributed by atoms with van der Waals surface area (Å²) in [5.74, 6) is -0.870. The zero-order valence-electron chi connectivity index (χ0n) is 13.2. The SMILES string of the molecule is CC1(C)O[C@H]([C@H](O)Cn2cccn2)[C@@H]([C@H](O)Cn2cccn2)O1. The molecule has 0 unspecified atom stereocenters. The summed E-state index contributed by atoms with van der Waals surface area (Å²) in [6.45, 7) is 4.06. The number of nitrogens with zero attached hydrogens (tertiary/aromatic N) is 4. The first-order valence-corrected chi connectivity index (χ1v) is 7.61. The third kappa shape index (κ3) is 3.78. The largest absolute Gasteiger partial charge is 0.388 e. The molecule has 2 aromatic heterocycles. The molecule has 0 amide bonds. The van der Waals surface area contributed by atoms with Gasteiger partial charge < -0.3 is 19.7 Å². The minimum absolute atomic E-state index is 0.266. The summed E-state index contributed by atoms with van der Waals surface area (Å²) >= 11 is 0. The summed E-state index contributed by atoms with van der Waals surface area (Å²) in [4.78, 5) is 0. The molecule has 3 rings (SSSR count). The zero-order chi connectivity index (χ0) is 16.4. The fourth-order valence-electron chi connectivity index (χ4n) is 2.82. The van der Waals surface area contributed by atoms with Crippen molar-refractivity contribution in [2.45, 2.75) is 57.1 Å². The van der Waals surface area contributed by atoms with Crippen molar-refractivity contribution in [2.24, 2.45) is 0 Å². The second kappa shape index (κ2) is 6.40. The van der Waals surface area contributed by atoms with Gasteiger partial charge >= 0.3 is 0 Å². The normalized spacial score (nSPS) is 26.3. The molecule has 23 heavy (non-hydrogen) atoms. The fourth-order valence-corrected chi connectivity index (χ4v) is 2.82. The Hall–Kier alpha value is -1.74. The van der Waals surface area contributed by atoms with Crippen molar-refractivity contribution in [2.75, 3.05) is 0 Å². The lowest BCUT2D eigenvalue weighted by molar-refractivity contribution is -0.161. The molecule has 1 saturated heterocycles. The number of rotatable bonds is 6. The molecule has 2 aromatic rings. The highest BCUT2D eigenvalue weighted by molar-refractivity contribution is 4.92. The van der Waals surface area contributed by atoms with Crippen LogP contribution in [0.15, 0.2) is 36.9 Å². The van der Waals surface area contributed by atoms with Gasteiger partial charge in [0.25, 0.3) is 0 Å². The Morgan fingerprint density at radius 2 is 1.39 bits per heavy atom. The van der Waals surface area contributed by atoms with Crippen LogP contribution in [0.25, 0.3) is 0 Å². The van der Waals surface area contributed by atoms with Gasteiger partial charge in [0, 0.05) is 24.8 Å². The van der Waals surface area contributed by atoms with E-state index >= 15 is 0 Å². The lowest BCUT2D eigenvalue weighted by Gasteiger charge is -2.25. The maximum absolute atomic E-state index is 10.5. The van der Waals surface area contributed by atoms with E-state index in [1.165, 1.54) is 0 Å². The summed E-state index contributed by atoms with van der Waals surface area (Å²) in [7, 11) is 0.